The zero-order valence-corrected chi connectivity index (χ0v) is 11.1. The number of carbonyl (C=O) groups excluding carboxylic acids is 1. The van der Waals surface area contributed by atoms with Crippen molar-refractivity contribution in [2.45, 2.75) is 6.42 Å². The summed E-state index contributed by atoms with van der Waals surface area (Å²) in [5, 5.41) is 8.88. The highest BCUT2D eigenvalue weighted by Crippen LogP contribution is 2.09. The fourth-order valence-corrected chi connectivity index (χ4v) is 2.28. The van der Waals surface area contributed by atoms with Gasteiger partial charge < -0.3 is 15.7 Å². The van der Waals surface area contributed by atoms with Crippen LogP contribution in [0.5, 0.6) is 0 Å². The Morgan fingerprint density at radius 2 is 1.79 bits per heavy atom. The van der Waals surface area contributed by atoms with Crippen LogP contribution < -0.4 is 5.73 Å². The minimum Gasteiger partial charge on any atom is -0.399 e. The van der Waals surface area contributed by atoms with E-state index in [9.17, 15) is 4.79 Å². The molecule has 19 heavy (non-hydrogen) atoms. The molecule has 1 aromatic rings. The Morgan fingerprint density at radius 1 is 1.16 bits per heavy atom. The standard InChI is InChI=1S/C14H21N3O2/c15-13-3-1-12(2-4-13)11-14(19)17-7-5-16(6-8-17)9-10-18/h1-4,18H,5-11,15H2. The maximum atomic E-state index is 12.1. The van der Waals surface area contributed by atoms with Gasteiger partial charge >= 0.3 is 0 Å². The molecule has 1 aliphatic heterocycles. The van der Waals surface area contributed by atoms with Crippen LogP contribution in [0.4, 0.5) is 5.69 Å². The smallest absolute Gasteiger partial charge is 0.227 e. The number of aliphatic hydroxyl groups is 1. The quantitative estimate of drug-likeness (QED) is 0.747. The van der Waals surface area contributed by atoms with E-state index < -0.39 is 0 Å². The predicted molar refractivity (Wildman–Crippen MR) is 74.7 cm³/mol. The molecule has 3 N–H and O–H groups in total. The van der Waals surface area contributed by atoms with Gasteiger partial charge in [-0.05, 0) is 17.7 Å². The van der Waals surface area contributed by atoms with Crippen LogP contribution in [0.3, 0.4) is 0 Å². The van der Waals surface area contributed by atoms with E-state index in [4.69, 9.17) is 10.8 Å². The zero-order chi connectivity index (χ0) is 13.7. The van der Waals surface area contributed by atoms with Crippen LogP contribution in [0, 0.1) is 0 Å². The highest BCUT2D eigenvalue weighted by molar-refractivity contribution is 5.79. The van der Waals surface area contributed by atoms with Gasteiger partial charge in [-0.2, -0.15) is 0 Å². The Labute approximate surface area is 113 Å². The monoisotopic (exact) mass is 263 g/mol. The van der Waals surface area contributed by atoms with Crippen LogP contribution in [-0.2, 0) is 11.2 Å². The van der Waals surface area contributed by atoms with E-state index in [0.29, 0.717) is 18.7 Å². The van der Waals surface area contributed by atoms with Crippen molar-refractivity contribution >= 4 is 11.6 Å². The van der Waals surface area contributed by atoms with E-state index in [-0.39, 0.29) is 12.5 Å². The Kier molecular flexibility index (Phi) is 4.76. The average molecular weight is 263 g/mol. The molecule has 0 radical (unpaired) electrons. The van der Waals surface area contributed by atoms with Gasteiger partial charge in [0, 0.05) is 38.4 Å². The number of carbonyl (C=O) groups is 1. The lowest BCUT2D eigenvalue weighted by atomic mass is 10.1. The number of aliphatic hydroxyl groups excluding tert-OH is 1. The number of β-amino-alcohol motifs (C(OH)–C–C–N with tert-alkyl or cyclic N) is 1. The van der Waals surface area contributed by atoms with Gasteiger partial charge in [0.05, 0.1) is 13.0 Å². The molecule has 5 nitrogen and oxygen atoms in total. The Hall–Kier alpha value is -1.59. The number of nitrogen functional groups attached to an aromatic ring is 1. The normalized spacial score (nSPS) is 16.6. The van der Waals surface area contributed by atoms with Gasteiger partial charge in [-0.1, -0.05) is 12.1 Å². The van der Waals surface area contributed by atoms with E-state index >= 15 is 0 Å². The molecule has 1 aromatic carbocycles. The Morgan fingerprint density at radius 3 is 2.37 bits per heavy atom. The van der Waals surface area contributed by atoms with Gasteiger partial charge in [0.2, 0.25) is 5.91 Å². The molecule has 0 aromatic heterocycles. The molecular formula is C14H21N3O2. The van der Waals surface area contributed by atoms with Crippen LogP contribution in [0.15, 0.2) is 24.3 Å². The van der Waals surface area contributed by atoms with Gasteiger partial charge in [0.1, 0.15) is 0 Å². The van der Waals surface area contributed by atoms with Crippen molar-refractivity contribution in [3.8, 4) is 0 Å². The third-order valence-corrected chi connectivity index (χ3v) is 3.48. The average Bonchev–Trinajstić information content (AvgIpc) is 2.42. The van der Waals surface area contributed by atoms with Crippen molar-refractivity contribution in [1.29, 1.82) is 0 Å². The molecule has 1 fully saturated rings. The summed E-state index contributed by atoms with van der Waals surface area (Å²) in [6, 6.07) is 7.44. The van der Waals surface area contributed by atoms with Crippen LogP contribution in [0.25, 0.3) is 0 Å². The number of benzene rings is 1. The van der Waals surface area contributed by atoms with E-state index in [1.165, 1.54) is 0 Å². The SMILES string of the molecule is Nc1ccc(CC(=O)N2CCN(CCO)CC2)cc1. The van der Waals surface area contributed by atoms with Crippen LogP contribution in [0.1, 0.15) is 5.56 Å². The highest BCUT2D eigenvalue weighted by atomic mass is 16.3. The van der Waals surface area contributed by atoms with Gasteiger partial charge in [-0.15, -0.1) is 0 Å². The number of piperazine rings is 1. The molecule has 1 aliphatic rings. The van der Waals surface area contributed by atoms with Crippen molar-refractivity contribution in [3.05, 3.63) is 29.8 Å². The fraction of sp³-hybridized carbons (Fsp3) is 0.500. The number of hydrogen-bond acceptors (Lipinski definition) is 4. The minimum atomic E-state index is 0.161. The van der Waals surface area contributed by atoms with Crippen molar-refractivity contribution in [2.75, 3.05) is 45.1 Å². The molecule has 1 amide bonds. The summed E-state index contributed by atoms with van der Waals surface area (Å²) >= 11 is 0. The Bertz CT molecular complexity index is 411. The van der Waals surface area contributed by atoms with Gasteiger partial charge in [0.15, 0.2) is 0 Å². The summed E-state index contributed by atoms with van der Waals surface area (Å²) in [6.45, 7) is 4.04. The first-order valence-electron chi connectivity index (χ1n) is 6.64. The largest absolute Gasteiger partial charge is 0.399 e. The summed E-state index contributed by atoms with van der Waals surface area (Å²) in [5.41, 5.74) is 7.34. The lowest BCUT2D eigenvalue weighted by molar-refractivity contribution is -0.132. The maximum Gasteiger partial charge on any atom is 0.227 e. The summed E-state index contributed by atoms with van der Waals surface area (Å²) < 4.78 is 0. The first-order valence-corrected chi connectivity index (χ1v) is 6.64. The molecule has 2 rings (SSSR count). The second kappa shape index (κ2) is 6.54. The van der Waals surface area contributed by atoms with Crippen LogP contribution in [-0.4, -0.2) is 60.1 Å². The number of nitrogens with two attached hydrogens (primary N) is 1. The van der Waals surface area contributed by atoms with Gasteiger partial charge in [0.25, 0.3) is 0 Å². The van der Waals surface area contributed by atoms with Crippen molar-refractivity contribution in [1.82, 2.24) is 9.80 Å². The number of hydrogen-bond donors (Lipinski definition) is 2. The first kappa shape index (κ1) is 13.8. The molecule has 1 heterocycles. The lowest BCUT2D eigenvalue weighted by Crippen LogP contribution is -2.49. The van der Waals surface area contributed by atoms with Crippen LogP contribution >= 0.6 is 0 Å². The minimum absolute atomic E-state index is 0.161. The first-order chi connectivity index (χ1) is 9.19. The molecule has 0 bridgehead atoms. The Balaban J connectivity index is 1.83. The molecule has 1 saturated heterocycles. The van der Waals surface area contributed by atoms with Crippen molar-refractivity contribution < 1.29 is 9.90 Å². The second-order valence-corrected chi connectivity index (χ2v) is 4.86. The van der Waals surface area contributed by atoms with E-state index in [2.05, 4.69) is 4.90 Å². The summed E-state index contributed by atoms with van der Waals surface area (Å²) in [7, 11) is 0. The molecule has 0 saturated carbocycles. The van der Waals surface area contributed by atoms with Gasteiger partial charge in [-0.25, -0.2) is 0 Å². The maximum absolute atomic E-state index is 12.1. The van der Waals surface area contributed by atoms with E-state index in [1.54, 1.807) is 0 Å². The number of anilines is 1. The highest BCUT2D eigenvalue weighted by Gasteiger charge is 2.20. The van der Waals surface area contributed by atoms with Crippen molar-refractivity contribution in [3.63, 3.8) is 0 Å². The van der Waals surface area contributed by atoms with Crippen LogP contribution in [0.2, 0.25) is 0 Å². The number of nitrogens with zero attached hydrogens (tertiary/aromatic N) is 2. The molecule has 0 atom stereocenters. The summed E-state index contributed by atoms with van der Waals surface area (Å²) in [4.78, 5) is 16.2. The molecular weight excluding hydrogens is 242 g/mol. The number of rotatable bonds is 4. The third kappa shape index (κ3) is 3.94. The van der Waals surface area contributed by atoms with Crippen molar-refractivity contribution in [2.24, 2.45) is 0 Å². The molecule has 0 aliphatic carbocycles. The summed E-state index contributed by atoms with van der Waals surface area (Å²) in [6.07, 6.45) is 0.431. The van der Waals surface area contributed by atoms with E-state index in [1.807, 2.05) is 29.2 Å². The lowest BCUT2D eigenvalue weighted by Gasteiger charge is -2.34. The number of amides is 1. The zero-order valence-electron chi connectivity index (χ0n) is 11.1. The predicted octanol–water partition coefficient (Wildman–Crippen LogP) is -0.0522. The topological polar surface area (TPSA) is 69.8 Å². The molecule has 5 heteroatoms. The third-order valence-electron chi connectivity index (χ3n) is 3.48. The molecule has 0 unspecified atom stereocenters. The van der Waals surface area contributed by atoms with E-state index in [0.717, 1.165) is 31.7 Å². The van der Waals surface area contributed by atoms with Gasteiger partial charge in [-0.3, -0.25) is 9.69 Å². The molecule has 104 valence electrons. The fourth-order valence-electron chi connectivity index (χ4n) is 2.28. The summed E-state index contributed by atoms with van der Waals surface area (Å²) in [5.74, 6) is 0.161. The molecule has 0 spiro atoms. The second-order valence-electron chi connectivity index (χ2n) is 4.86.